The minimum atomic E-state index is -0.602. The van der Waals surface area contributed by atoms with Crippen molar-refractivity contribution in [2.45, 2.75) is 63.4 Å². The molecule has 6 atom stereocenters. The quantitative estimate of drug-likeness (QED) is 0.614. The molecule has 0 heterocycles. The van der Waals surface area contributed by atoms with Gasteiger partial charge in [-0.05, 0) is 103 Å². The lowest BCUT2D eigenvalue weighted by Crippen LogP contribution is -2.53. The Bertz CT molecular complexity index is 935. The van der Waals surface area contributed by atoms with Crippen molar-refractivity contribution >= 4 is 0 Å². The molecule has 2 N–H and O–H groups in total. The Morgan fingerprint density at radius 1 is 1.13 bits per heavy atom. The van der Waals surface area contributed by atoms with E-state index in [4.69, 9.17) is 0 Å². The monoisotopic (exact) mass is 402 g/mol. The molecule has 0 aliphatic heterocycles. The smallest absolute Gasteiger partial charge is 0.115 e. The van der Waals surface area contributed by atoms with Crippen molar-refractivity contribution in [1.82, 2.24) is 0 Å². The van der Waals surface area contributed by atoms with E-state index in [9.17, 15) is 10.2 Å². The predicted octanol–water partition coefficient (Wildman–Crippen LogP) is 6.02. The molecule has 5 rings (SSSR count). The first-order valence-corrected chi connectivity index (χ1v) is 11.7. The van der Waals surface area contributed by atoms with Crippen molar-refractivity contribution in [3.05, 3.63) is 77.9 Å². The number of fused-ring (bicyclic) bond motifs is 5. The van der Waals surface area contributed by atoms with Crippen LogP contribution in [0.3, 0.4) is 0 Å². The minimum Gasteiger partial charge on any atom is -0.508 e. The molecule has 0 aromatic heterocycles. The van der Waals surface area contributed by atoms with Gasteiger partial charge in [0, 0.05) is 0 Å². The fourth-order valence-electron chi connectivity index (χ4n) is 7.49. The van der Waals surface area contributed by atoms with Crippen LogP contribution in [0.25, 0.3) is 0 Å². The molecule has 5 unspecified atom stereocenters. The van der Waals surface area contributed by atoms with Crippen molar-refractivity contribution < 1.29 is 10.2 Å². The summed E-state index contributed by atoms with van der Waals surface area (Å²) in [5, 5.41) is 21.9. The molecule has 158 valence electrons. The lowest BCUT2D eigenvalue weighted by molar-refractivity contribution is -0.116. The maximum atomic E-state index is 12.0. The van der Waals surface area contributed by atoms with Gasteiger partial charge in [0.15, 0.2) is 0 Å². The number of hydrogen-bond donors (Lipinski definition) is 2. The van der Waals surface area contributed by atoms with Gasteiger partial charge in [0.25, 0.3) is 0 Å². The molecule has 2 aromatic carbocycles. The summed E-state index contributed by atoms with van der Waals surface area (Å²) in [5.74, 6) is 2.37. The van der Waals surface area contributed by atoms with Crippen LogP contribution in [-0.2, 0) is 12.8 Å². The highest BCUT2D eigenvalue weighted by molar-refractivity contribution is 5.41. The van der Waals surface area contributed by atoms with Gasteiger partial charge in [0.1, 0.15) is 5.75 Å². The van der Waals surface area contributed by atoms with Gasteiger partial charge in [-0.15, -0.1) is 6.58 Å². The van der Waals surface area contributed by atoms with Crippen LogP contribution >= 0.6 is 0 Å². The van der Waals surface area contributed by atoms with E-state index in [1.54, 1.807) is 0 Å². The van der Waals surface area contributed by atoms with Crippen LogP contribution in [0.5, 0.6) is 5.75 Å². The van der Waals surface area contributed by atoms with Crippen molar-refractivity contribution in [2.24, 2.45) is 23.2 Å². The normalized spacial score (nSPS) is 37.1. The molecule has 0 radical (unpaired) electrons. The molecule has 0 spiro atoms. The van der Waals surface area contributed by atoms with Crippen LogP contribution in [0.1, 0.15) is 61.6 Å². The summed E-state index contributed by atoms with van der Waals surface area (Å²) < 4.78 is 0. The largest absolute Gasteiger partial charge is 0.508 e. The molecule has 2 saturated carbocycles. The van der Waals surface area contributed by atoms with E-state index in [-0.39, 0.29) is 5.41 Å². The van der Waals surface area contributed by atoms with Crippen molar-refractivity contribution in [1.29, 1.82) is 0 Å². The van der Waals surface area contributed by atoms with E-state index in [1.807, 2.05) is 12.1 Å². The third kappa shape index (κ3) is 2.95. The zero-order chi connectivity index (χ0) is 20.9. The summed E-state index contributed by atoms with van der Waals surface area (Å²) in [4.78, 5) is 0. The van der Waals surface area contributed by atoms with Crippen molar-refractivity contribution in [3.63, 3.8) is 0 Å². The van der Waals surface area contributed by atoms with Crippen LogP contribution in [0.15, 0.2) is 61.2 Å². The molecule has 0 saturated heterocycles. The summed E-state index contributed by atoms with van der Waals surface area (Å²) in [7, 11) is 0. The molecule has 2 fully saturated rings. The van der Waals surface area contributed by atoms with Gasteiger partial charge in [-0.3, -0.25) is 0 Å². The molecule has 0 bridgehead atoms. The predicted molar refractivity (Wildman–Crippen MR) is 122 cm³/mol. The average Bonchev–Trinajstić information content (AvgIpc) is 3.03. The number of aryl methyl sites for hydroxylation is 2. The number of allylic oxidation sites excluding steroid dienone is 1. The standard InChI is InChI=1S/C28H34O2/c1-3-20-18-27(2)25(14-16-28(27,30)15-13-19-7-5-4-6-8-19)24-11-9-21-17-22(29)10-12-23(21)26(20)24/h3-8,10,12,17,20,24-26,29-30H,1,9,11,13-16,18H2,2H3/t20?,24?,25?,26?,27?,28-/m0/s1. The highest BCUT2D eigenvalue weighted by Crippen LogP contribution is 2.66. The Hall–Kier alpha value is -2.06. The highest BCUT2D eigenvalue weighted by Gasteiger charge is 2.62. The molecule has 2 nitrogen and oxygen atoms in total. The van der Waals surface area contributed by atoms with Crippen LogP contribution in [0.4, 0.5) is 0 Å². The van der Waals surface area contributed by atoms with Gasteiger partial charge < -0.3 is 10.2 Å². The summed E-state index contributed by atoms with van der Waals surface area (Å²) in [6.07, 6.45) is 9.16. The van der Waals surface area contributed by atoms with Gasteiger partial charge in [-0.1, -0.05) is 49.4 Å². The van der Waals surface area contributed by atoms with Crippen molar-refractivity contribution in [2.75, 3.05) is 0 Å². The number of aliphatic hydroxyl groups is 1. The molecule has 3 aliphatic carbocycles. The molecule has 30 heavy (non-hydrogen) atoms. The fraction of sp³-hybridized carbons (Fsp3) is 0.500. The van der Waals surface area contributed by atoms with Gasteiger partial charge >= 0.3 is 0 Å². The highest BCUT2D eigenvalue weighted by atomic mass is 16.3. The summed E-state index contributed by atoms with van der Waals surface area (Å²) in [6.45, 7) is 6.59. The summed E-state index contributed by atoms with van der Waals surface area (Å²) >= 11 is 0. The van der Waals surface area contributed by atoms with E-state index >= 15 is 0 Å². The maximum absolute atomic E-state index is 12.0. The number of benzene rings is 2. The number of phenols is 1. The second kappa shape index (κ2) is 7.27. The van der Waals surface area contributed by atoms with Gasteiger partial charge in [0.05, 0.1) is 5.60 Å². The molecule has 0 amide bonds. The zero-order valence-electron chi connectivity index (χ0n) is 18.1. The van der Waals surface area contributed by atoms with Crippen LogP contribution in [0.2, 0.25) is 0 Å². The molecule has 3 aliphatic rings. The maximum Gasteiger partial charge on any atom is 0.115 e. The molecule has 2 aromatic rings. The Morgan fingerprint density at radius 3 is 2.70 bits per heavy atom. The third-order valence-electron chi connectivity index (χ3n) is 9.06. The topological polar surface area (TPSA) is 40.5 Å². The van der Waals surface area contributed by atoms with Gasteiger partial charge in [0.2, 0.25) is 0 Å². The van der Waals surface area contributed by atoms with E-state index in [1.165, 1.54) is 16.7 Å². The van der Waals surface area contributed by atoms with Crippen LogP contribution < -0.4 is 0 Å². The first-order chi connectivity index (χ1) is 14.4. The van der Waals surface area contributed by atoms with E-state index in [2.05, 4.69) is 56.0 Å². The Labute approximate surface area is 180 Å². The number of aromatic hydroxyl groups is 1. The van der Waals surface area contributed by atoms with Crippen LogP contribution in [-0.4, -0.2) is 15.8 Å². The number of hydrogen-bond acceptors (Lipinski definition) is 2. The Balaban J connectivity index is 1.46. The lowest BCUT2D eigenvalue weighted by Gasteiger charge is -2.56. The SMILES string of the molecule is C=CC1CC2(C)C(CC[C@@]2(O)CCc2ccccc2)C2CCc3cc(O)ccc3C12. The molecule has 2 heteroatoms. The average molecular weight is 403 g/mol. The first kappa shape index (κ1) is 19.9. The van der Waals surface area contributed by atoms with Gasteiger partial charge in [-0.2, -0.15) is 0 Å². The van der Waals surface area contributed by atoms with E-state index in [0.29, 0.717) is 29.4 Å². The molecular formula is C28H34O2. The van der Waals surface area contributed by atoms with E-state index < -0.39 is 5.60 Å². The van der Waals surface area contributed by atoms with E-state index in [0.717, 1.165) is 44.9 Å². The lowest BCUT2D eigenvalue weighted by atomic mass is 9.49. The third-order valence-corrected chi connectivity index (χ3v) is 9.06. The minimum absolute atomic E-state index is 0.0593. The Morgan fingerprint density at radius 2 is 1.93 bits per heavy atom. The zero-order valence-corrected chi connectivity index (χ0v) is 18.1. The first-order valence-electron chi connectivity index (χ1n) is 11.7. The summed E-state index contributed by atoms with van der Waals surface area (Å²) in [6, 6.07) is 16.6. The Kier molecular flexibility index (Phi) is 4.82. The number of rotatable bonds is 4. The number of phenolic OH excluding ortho intramolecular Hbond substituents is 1. The summed E-state index contributed by atoms with van der Waals surface area (Å²) in [5.41, 5.74) is 3.38. The van der Waals surface area contributed by atoms with Crippen molar-refractivity contribution in [3.8, 4) is 5.75 Å². The van der Waals surface area contributed by atoms with Crippen LogP contribution in [0, 0.1) is 23.2 Å². The fourth-order valence-corrected chi connectivity index (χ4v) is 7.49. The molecular weight excluding hydrogens is 368 g/mol. The van der Waals surface area contributed by atoms with Gasteiger partial charge in [-0.25, -0.2) is 0 Å². The second-order valence-electron chi connectivity index (χ2n) is 10.3. The second-order valence-corrected chi connectivity index (χ2v) is 10.3.